The Morgan fingerprint density at radius 2 is 1.64 bits per heavy atom. The van der Waals surface area contributed by atoms with Crippen molar-refractivity contribution in [3.63, 3.8) is 0 Å². The van der Waals surface area contributed by atoms with Gasteiger partial charge in [0.15, 0.2) is 11.5 Å². The van der Waals surface area contributed by atoms with Gasteiger partial charge in [-0.2, -0.15) is 0 Å². The second kappa shape index (κ2) is 13.7. The van der Waals surface area contributed by atoms with E-state index in [-0.39, 0.29) is 35.5 Å². The van der Waals surface area contributed by atoms with Gasteiger partial charge in [0.25, 0.3) is 10.0 Å². The number of fused-ring (bicyclic) bond motifs is 1. The molecule has 42 heavy (non-hydrogen) atoms. The Balaban J connectivity index is 1.77. The number of benzene rings is 3. The van der Waals surface area contributed by atoms with Gasteiger partial charge in [0.05, 0.1) is 10.6 Å². The molecular weight excluding hydrogens is 601 g/mol. The SMILES string of the molecule is CC[C@H](C(=O)NC(C)C)N(Cc1ccc(Cl)cc1Cl)C(=O)CN(c1ccc2c(c1)OCCO2)S(=O)(=O)c1ccccc1. The van der Waals surface area contributed by atoms with E-state index in [1.165, 1.54) is 23.1 Å². The van der Waals surface area contributed by atoms with Crippen molar-refractivity contribution >= 4 is 50.7 Å². The van der Waals surface area contributed by atoms with Crippen molar-refractivity contribution < 1.29 is 27.5 Å². The second-order valence-electron chi connectivity index (χ2n) is 10.00. The Bertz CT molecular complexity index is 1540. The number of hydrogen-bond donors (Lipinski definition) is 1. The van der Waals surface area contributed by atoms with E-state index < -0.39 is 28.5 Å². The Kier molecular flexibility index (Phi) is 10.2. The van der Waals surface area contributed by atoms with E-state index in [0.29, 0.717) is 40.3 Å². The zero-order chi connectivity index (χ0) is 30.4. The van der Waals surface area contributed by atoms with Crippen molar-refractivity contribution in [3.8, 4) is 11.5 Å². The minimum atomic E-state index is -4.22. The molecule has 3 aromatic rings. The Labute approximate surface area is 256 Å². The number of amides is 2. The molecule has 224 valence electrons. The fourth-order valence-electron chi connectivity index (χ4n) is 4.57. The van der Waals surface area contributed by atoms with Crippen LogP contribution in [0.1, 0.15) is 32.8 Å². The molecule has 9 nitrogen and oxygen atoms in total. The first-order valence-corrected chi connectivity index (χ1v) is 15.7. The van der Waals surface area contributed by atoms with Gasteiger partial charge in [-0.3, -0.25) is 13.9 Å². The molecule has 0 unspecified atom stereocenters. The summed E-state index contributed by atoms with van der Waals surface area (Å²) in [4.78, 5) is 28.8. The third kappa shape index (κ3) is 7.29. The van der Waals surface area contributed by atoms with Crippen LogP contribution in [0.25, 0.3) is 0 Å². The molecule has 0 fully saturated rings. The first-order chi connectivity index (χ1) is 20.0. The summed E-state index contributed by atoms with van der Waals surface area (Å²) in [5.74, 6) is -0.111. The van der Waals surface area contributed by atoms with Crippen molar-refractivity contribution in [2.75, 3.05) is 24.1 Å². The Morgan fingerprint density at radius 1 is 0.952 bits per heavy atom. The number of halogens is 2. The van der Waals surface area contributed by atoms with E-state index >= 15 is 0 Å². The molecule has 4 rings (SSSR count). The van der Waals surface area contributed by atoms with Gasteiger partial charge >= 0.3 is 0 Å². The molecule has 1 aliphatic heterocycles. The largest absolute Gasteiger partial charge is 0.486 e. The van der Waals surface area contributed by atoms with E-state index in [1.54, 1.807) is 55.5 Å². The molecule has 0 bridgehead atoms. The van der Waals surface area contributed by atoms with Gasteiger partial charge in [0.2, 0.25) is 11.8 Å². The third-order valence-electron chi connectivity index (χ3n) is 6.60. The van der Waals surface area contributed by atoms with Crippen molar-refractivity contribution in [3.05, 3.63) is 82.3 Å². The van der Waals surface area contributed by atoms with Crippen LogP contribution >= 0.6 is 23.2 Å². The predicted octanol–water partition coefficient (Wildman–Crippen LogP) is 5.29. The van der Waals surface area contributed by atoms with Crippen molar-refractivity contribution in [1.29, 1.82) is 0 Å². The zero-order valence-electron chi connectivity index (χ0n) is 23.5. The van der Waals surface area contributed by atoms with E-state index in [0.717, 1.165) is 4.31 Å². The average Bonchev–Trinajstić information content (AvgIpc) is 2.96. The molecule has 1 atom stereocenters. The Morgan fingerprint density at radius 3 is 2.29 bits per heavy atom. The number of nitrogens with one attached hydrogen (secondary N) is 1. The maximum Gasteiger partial charge on any atom is 0.264 e. The first kappa shape index (κ1) is 31.5. The number of carbonyl (C=O) groups is 2. The average molecular weight is 635 g/mol. The van der Waals surface area contributed by atoms with E-state index in [2.05, 4.69) is 5.32 Å². The summed E-state index contributed by atoms with van der Waals surface area (Å²) in [6, 6.07) is 16.3. The lowest BCUT2D eigenvalue weighted by atomic mass is 10.1. The maximum atomic E-state index is 14.2. The third-order valence-corrected chi connectivity index (χ3v) is 8.97. The molecule has 1 aliphatic rings. The van der Waals surface area contributed by atoms with Crippen LogP contribution in [0, 0.1) is 0 Å². The number of sulfonamides is 1. The highest BCUT2D eigenvalue weighted by Gasteiger charge is 2.34. The summed E-state index contributed by atoms with van der Waals surface area (Å²) >= 11 is 12.5. The molecule has 0 saturated carbocycles. The number of hydrogen-bond acceptors (Lipinski definition) is 6. The second-order valence-corrected chi connectivity index (χ2v) is 12.7. The zero-order valence-corrected chi connectivity index (χ0v) is 25.9. The molecule has 1 N–H and O–H groups in total. The summed E-state index contributed by atoms with van der Waals surface area (Å²) in [6.07, 6.45) is 0.283. The molecule has 0 aromatic heterocycles. The van der Waals surface area contributed by atoms with Crippen LogP contribution in [0.4, 0.5) is 5.69 Å². The van der Waals surface area contributed by atoms with E-state index in [1.807, 2.05) is 13.8 Å². The molecule has 3 aromatic carbocycles. The highest BCUT2D eigenvalue weighted by molar-refractivity contribution is 7.92. The molecule has 1 heterocycles. The van der Waals surface area contributed by atoms with Gasteiger partial charge in [-0.1, -0.05) is 54.4 Å². The maximum absolute atomic E-state index is 14.2. The summed E-state index contributed by atoms with van der Waals surface area (Å²) in [5, 5.41) is 3.61. The minimum Gasteiger partial charge on any atom is -0.486 e. The topological polar surface area (TPSA) is 105 Å². The lowest BCUT2D eigenvalue weighted by Gasteiger charge is -2.34. The molecular formula is C30H33Cl2N3O6S. The number of anilines is 1. The number of nitrogens with zero attached hydrogens (tertiary/aromatic N) is 2. The van der Waals surface area contributed by atoms with Crippen LogP contribution in [0.2, 0.25) is 10.0 Å². The summed E-state index contributed by atoms with van der Waals surface area (Å²) in [6.45, 7) is 5.47. The van der Waals surface area contributed by atoms with Crippen molar-refractivity contribution in [2.45, 2.75) is 50.7 Å². The summed E-state index contributed by atoms with van der Waals surface area (Å²) in [5.41, 5.74) is 0.766. The van der Waals surface area contributed by atoms with Gasteiger partial charge in [0, 0.05) is 28.7 Å². The summed E-state index contributed by atoms with van der Waals surface area (Å²) in [7, 11) is -4.22. The monoisotopic (exact) mass is 633 g/mol. The quantitative estimate of drug-likeness (QED) is 0.308. The van der Waals surface area contributed by atoms with Gasteiger partial charge in [-0.05, 0) is 62.2 Å². The standard InChI is InChI=1S/C30H33Cl2N3O6S/c1-4-26(30(37)33-20(2)3)34(18-21-10-11-22(31)16-25(21)32)29(36)19-35(42(38,39)24-8-6-5-7-9-24)23-12-13-27-28(17-23)41-15-14-40-27/h5-13,16-17,20,26H,4,14-15,18-19H2,1-3H3,(H,33,37)/t26-/m1/s1. The molecule has 0 saturated heterocycles. The fraction of sp³-hybridized carbons (Fsp3) is 0.333. The van der Waals surface area contributed by atoms with Crippen LogP contribution in [0.15, 0.2) is 71.6 Å². The van der Waals surface area contributed by atoms with Gasteiger partial charge in [-0.25, -0.2) is 8.42 Å². The smallest absolute Gasteiger partial charge is 0.264 e. The number of rotatable bonds is 11. The number of ether oxygens (including phenoxy) is 2. The number of carbonyl (C=O) groups excluding carboxylic acids is 2. The molecule has 2 amide bonds. The lowest BCUT2D eigenvalue weighted by Crippen LogP contribution is -2.53. The van der Waals surface area contributed by atoms with Crippen LogP contribution < -0.4 is 19.1 Å². The normalized spacial score (nSPS) is 13.4. The first-order valence-electron chi connectivity index (χ1n) is 13.5. The molecule has 0 spiro atoms. The van der Waals surface area contributed by atoms with Crippen LogP contribution in [-0.2, 0) is 26.2 Å². The minimum absolute atomic E-state index is 0.00424. The van der Waals surface area contributed by atoms with Crippen LogP contribution in [0.5, 0.6) is 11.5 Å². The lowest BCUT2D eigenvalue weighted by molar-refractivity contribution is -0.140. The Hall–Kier alpha value is -3.47. The van der Waals surface area contributed by atoms with Crippen LogP contribution in [-0.4, -0.2) is 57.0 Å². The van der Waals surface area contributed by atoms with Gasteiger partial charge < -0.3 is 19.7 Å². The fourth-order valence-corrected chi connectivity index (χ4v) is 6.46. The van der Waals surface area contributed by atoms with Crippen molar-refractivity contribution in [2.24, 2.45) is 0 Å². The highest BCUT2D eigenvalue weighted by atomic mass is 35.5. The van der Waals surface area contributed by atoms with Gasteiger partial charge in [0.1, 0.15) is 25.8 Å². The van der Waals surface area contributed by atoms with Crippen molar-refractivity contribution in [1.82, 2.24) is 10.2 Å². The van der Waals surface area contributed by atoms with E-state index in [9.17, 15) is 18.0 Å². The highest BCUT2D eigenvalue weighted by Crippen LogP contribution is 2.36. The molecule has 0 radical (unpaired) electrons. The van der Waals surface area contributed by atoms with Crippen LogP contribution in [0.3, 0.4) is 0 Å². The predicted molar refractivity (Wildman–Crippen MR) is 163 cm³/mol. The molecule has 0 aliphatic carbocycles. The van der Waals surface area contributed by atoms with E-state index in [4.69, 9.17) is 32.7 Å². The summed E-state index contributed by atoms with van der Waals surface area (Å²) < 4.78 is 40.3. The molecule has 12 heteroatoms. The van der Waals surface area contributed by atoms with Gasteiger partial charge in [-0.15, -0.1) is 0 Å².